The highest BCUT2D eigenvalue weighted by molar-refractivity contribution is 6.16. The molecule has 8 heteroatoms. The van der Waals surface area contributed by atoms with Crippen molar-refractivity contribution in [3.8, 4) is 5.75 Å². The van der Waals surface area contributed by atoms with Gasteiger partial charge < -0.3 is 23.6 Å². The Hall–Kier alpha value is -4.30. The molecule has 1 atom stereocenters. The highest BCUT2D eigenvalue weighted by atomic mass is 16.5. The molecule has 6 rings (SSSR count). The van der Waals surface area contributed by atoms with Crippen LogP contribution in [0.25, 0.3) is 11.0 Å². The zero-order valence-electron chi connectivity index (χ0n) is 21.0. The summed E-state index contributed by atoms with van der Waals surface area (Å²) in [5, 5.41) is 11.7. The molecule has 1 saturated heterocycles. The number of fused-ring (bicyclic) bond motifs is 1. The Morgan fingerprint density at radius 3 is 2.55 bits per heavy atom. The quantitative estimate of drug-likeness (QED) is 0.337. The molecule has 194 valence electrons. The molecule has 8 nitrogen and oxygen atoms in total. The molecule has 0 spiro atoms. The van der Waals surface area contributed by atoms with E-state index in [-0.39, 0.29) is 17.4 Å². The number of furan rings is 2. The molecule has 1 fully saturated rings. The highest BCUT2D eigenvalue weighted by Crippen LogP contribution is 2.43. The van der Waals surface area contributed by atoms with Crippen LogP contribution in [0.3, 0.4) is 0 Å². The minimum atomic E-state index is -0.842. The number of hydrogen-bond acceptors (Lipinski definition) is 7. The van der Waals surface area contributed by atoms with Crippen LogP contribution < -0.4 is 4.74 Å². The van der Waals surface area contributed by atoms with Crippen LogP contribution in [-0.2, 0) is 11.3 Å². The molecule has 0 aliphatic carbocycles. The molecule has 1 N–H and O–H groups in total. The summed E-state index contributed by atoms with van der Waals surface area (Å²) in [6, 6.07) is 19.7. The van der Waals surface area contributed by atoms with Crippen LogP contribution in [-0.4, -0.2) is 52.8 Å². The van der Waals surface area contributed by atoms with Crippen molar-refractivity contribution in [2.45, 2.75) is 31.5 Å². The van der Waals surface area contributed by atoms with E-state index < -0.39 is 23.5 Å². The van der Waals surface area contributed by atoms with Gasteiger partial charge in [-0.05, 0) is 42.7 Å². The van der Waals surface area contributed by atoms with Crippen molar-refractivity contribution >= 4 is 22.7 Å². The smallest absolute Gasteiger partial charge is 0.290 e. The fraction of sp³-hybridized carbons (Fsp3) is 0.267. The third kappa shape index (κ3) is 4.16. The maximum atomic E-state index is 13.8. The van der Waals surface area contributed by atoms with E-state index in [0.717, 1.165) is 19.6 Å². The Kier molecular flexibility index (Phi) is 6.25. The summed E-state index contributed by atoms with van der Waals surface area (Å²) >= 11 is 0. The zero-order valence-corrected chi connectivity index (χ0v) is 21.0. The normalized spacial score (nSPS) is 19.0. The first kappa shape index (κ1) is 24.1. The Bertz CT molecular complexity index is 1500. The molecule has 1 amide bonds. The van der Waals surface area contributed by atoms with Gasteiger partial charge in [-0.2, -0.15) is 0 Å². The molecule has 4 aromatic rings. The number of Topliss-reactive ketones (excluding diaryl/α,β-unsaturated/α-hetero) is 1. The maximum absolute atomic E-state index is 13.8. The van der Waals surface area contributed by atoms with Crippen LogP contribution in [0.5, 0.6) is 5.75 Å². The number of piperidine rings is 1. The van der Waals surface area contributed by atoms with Gasteiger partial charge in [0.25, 0.3) is 5.91 Å². The molecule has 2 aliphatic heterocycles. The summed E-state index contributed by atoms with van der Waals surface area (Å²) in [5.41, 5.74) is 1.64. The Balaban J connectivity index is 1.28. The summed E-state index contributed by atoms with van der Waals surface area (Å²) in [4.78, 5) is 31.2. The lowest BCUT2D eigenvalue weighted by Crippen LogP contribution is -2.47. The monoisotopic (exact) mass is 512 g/mol. The predicted octanol–water partition coefficient (Wildman–Crippen LogP) is 5.28. The first-order valence-corrected chi connectivity index (χ1v) is 12.7. The van der Waals surface area contributed by atoms with Gasteiger partial charge in [0.1, 0.15) is 11.8 Å². The highest BCUT2D eigenvalue weighted by Gasteiger charge is 2.49. The lowest BCUT2D eigenvalue weighted by molar-refractivity contribution is -0.133. The average molecular weight is 513 g/mol. The number of amides is 1. The number of carbonyl (C=O) groups is 2. The van der Waals surface area contributed by atoms with Gasteiger partial charge in [0.05, 0.1) is 18.9 Å². The molecule has 4 heterocycles. The van der Waals surface area contributed by atoms with Gasteiger partial charge in [0, 0.05) is 31.1 Å². The number of hydrogen-bond donors (Lipinski definition) is 1. The van der Waals surface area contributed by atoms with Crippen molar-refractivity contribution in [1.82, 2.24) is 9.80 Å². The first-order chi connectivity index (χ1) is 18.5. The Morgan fingerprint density at radius 2 is 1.84 bits per heavy atom. The minimum Gasteiger partial charge on any atom is -0.503 e. The number of benzene rings is 2. The number of para-hydroxylation sites is 1. The minimum absolute atomic E-state index is 0.0231. The number of nitrogens with zero attached hydrogens (tertiary/aromatic N) is 2. The van der Waals surface area contributed by atoms with Crippen molar-refractivity contribution in [2.24, 2.45) is 0 Å². The van der Waals surface area contributed by atoms with Gasteiger partial charge in [-0.1, -0.05) is 42.5 Å². The fourth-order valence-corrected chi connectivity index (χ4v) is 5.60. The Morgan fingerprint density at radius 1 is 1.05 bits per heavy atom. The van der Waals surface area contributed by atoms with Gasteiger partial charge in [0.2, 0.25) is 5.78 Å². The molecule has 0 radical (unpaired) electrons. The molecule has 1 unspecified atom stereocenters. The second kappa shape index (κ2) is 9.87. The van der Waals surface area contributed by atoms with Crippen LogP contribution in [0.15, 0.2) is 93.2 Å². The topological polar surface area (TPSA) is 96.4 Å². The van der Waals surface area contributed by atoms with E-state index in [0.29, 0.717) is 35.3 Å². The van der Waals surface area contributed by atoms with Crippen molar-refractivity contribution < 1.29 is 28.3 Å². The van der Waals surface area contributed by atoms with Crippen molar-refractivity contribution in [3.63, 3.8) is 0 Å². The number of likely N-dealkylation sites (tertiary alicyclic amines) is 1. The third-order valence-electron chi connectivity index (χ3n) is 7.45. The first-order valence-electron chi connectivity index (χ1n) is 12.7. The maximum Gasteiger partial charge on any atom is 0.290 e. The van der Waals surface area contributed by atoms with Crippen LogP contribution in [0.2, 0.25) is 0 Å². The Labute approximate surface area is 219 Å². The number of aliphatic hydroxyl groups is 1. The van der Waals surface area contributed by atoms with E-state index in [2.05, 4.69) is 17.0 Å². The van der Waals surface area contributed by atoms with Crippen LogP contribution in [0.4, 0.5) is 0 Å². The molecule has 2 aromatic carbocycles. The molecular formula is C30H28N2O6. The molecule has 38 heavy (non-hydrogen) atoms. The molecule has 2 aromatic heterocycles. The zero-order chi connectivity index (χ0) is 26.2. The SMILES string of the molecule is COc1cccc2cc(C(=O)C3=C(O)C(=O)N(C4CCN(Cc5ccccc5)CC4)C3c3ccco3)oc12. The van der Waals surface area contributed by atoms with Gasteiger partial charge in [-0.25, -0.2) is 0 Å². The number of ketones is 1. The lowest BCUT2D eigenvalue weighted by Gasteiger charge is -2.39. The molecule has 2 aliphatic rings. The van der Waals surface area contributed by atoms with Crippen LogP contribution in [0.1, 0.15) is 40.8 Å². The number of rotatable bonds is 7. The summed E-state index contributed by atoms with van der Waals surface area (Å²) < 4.78 is 16.9. The van der Waals surface area contributed by atoms with Gasteiger partial charge in [-0.15, -0.1) is 0 Å². The van der Waals surface area contributed by atoms with Crippen LogP contribution in [0, 0.1) is 0 Å². The molecule has 0 bridgehead atoms. The summed E-state index contributed by atoms with van der Waals surface area (Å²) in [6.45, 7) is 2.43. The number of carbonyl (C=O) groups excluding carboxylic acids is 2. The standard InChI is InChI=1S/C30H28N2O6/c1-36-23-10-5-9-20-17-24(38-29(20)23)27(33)25-26(22-11-6-16-37-22)32(30(35)28(25)34)21-12-14-31(15-13-21)18-19-7-3-2-4-8-19/h2-11,16-17,21,26,34H,12-15,18H2,1H3. The van der Waals surface area contributed by atoms with Gasteiger partial charge in [0.15, 0.2) is 22.9 Å². The van der Waals surface area contributed by atoms with Crippen molar-refractivity contribution in [2.75, 3.05) is 20.2 Å². The third-order valence-corrected chi connectivity index (χ3v) is 7.45. The largest absolute Gasteiger partial charge is 0.503 e. The van der Waals surface area contributed by atoms with E-state index >= 15 is 0 Å². The summed E-state index contributed by atoms with van der Waals surface area (Å²) in [6.07, 6.45) is 2.93. The lowest BCUT2D eigenvalue weighted by atomic mass is 9.96. The fourth-order valence-electron chi connectivity index (χ4n) is 5.60. The number of ether oxygens (including phenoxy) is 1. The van der Waals surface area contributed by atoms with E-state index in [1.54, 1.807) is 35.2 Å². The average Bonchev–Trinajstić information content (AvgIpc) is 3.68. The van der Waals surface area contributed by atoms with E-state index in [1.165, 1.54) is 18.9 Å². The number of methoxy groups -OCH3 is 1. The van der Waals surface area contributed by atoms with E-state index in [4.69, 9.17) is 13.6 Å². The molecular weight excluding hydrogens is 484 g/mol. The van der Waals surface area contributed by atoms with Crippen molar-refractivity contribution in [3.05, 3.63) is 101 Å². The van der Waals surface area contributed by atoms with Crippen LogP contribution >= 0.6 is 0 Å². The molecule has 0 saturated carbocycles. The predicted molar refractivity (Wildman–Crippen MR) is 140 cm³/mol. The summed E-state index contributed by atoms with van der Waals surface area (Å²) in [7, 11) is 1.53. The second-order valence-electron chi connectivity index (χ2n) is 9.70. The summed E-state index contributed by atoms with van der Waals surface area (Å²) in [5.74, 6) is -0.741. The number of aliphatic hydroxyl groups excluding tert-OH is 1. The van der Waals surface area contributed by atoms with E-state index in [9.17, 15) is 14.7 Å². The second-order valence-corrected chi connectivity index (χ2v) is 9.70. The van der Waals surface area contributed by atoms with Crippen molar-refractivity contribution in [1.29, 1.82) is 0 Å². The van der Waals surface area contributed by atoms with Gasteiger partial charge >= 0.3 is 0 Å². The van der Waals surface area contributed by atoms with Gasteiger partial charge in [-0.3, -0.25) is 14.5 Å². The van der Waals surface area contributed by atoms with E-state index in [1.807, 2.05) is 24.3 Å².